The molecule has 0 unspecified atom stereocenters. The fourth-order valence-electron chi connectivity index (χ4n) is 4.44. The van der Waals surface area contributed by atoms with Crippen LogP contribution in [0.3, 0.4) is 0 Å². The molecule has 3 heteroatoms. The van der Waals surface area contributed by atoms with E-state index >= 15 is 0 Å². The highest BCUT2D eigenvalue weighted by Gasteiger charge is 2.25. The minimum absolute atomic E-state index is 0.551. The fourth-order valence-corrected chi connectivity index (χ4v) is 4.44. The molecule has 2 fully saturated rings. The van der Waals surface area contributed by atoms with Crippen molar-refractivity contribution in [3.8, 4) is 0 Å². The van der Waals surface area contributed by atoms with Crippen molar-refractivity contribution < 1.29 is 4.74 Å². The number of rotatable bonds is 7. The van der Waals surface area contributed by atoms with Crippen molar-refractivity contribution in [1.82, 2.24) is 9.80 Å². The molecule has 1 aliphatic carbocycles. The van der Waals surface area contributed by atoms with E-state index < -0.39 is 0 Å². The predicted molar refractivity (Wildman–Crippen MR) is 94.4 cm³/mol. The summed E-state index contributed by atoms with van der Waals surface area (Å²) in [5, 5.41) is 0. The van der Waals surface area contributed by atoms with Gasteiger partial charge in [0.1, 0.15) is 0 Å². The molecule has 2 rings (SSSR count). The van der Waals surface area contributed by atoms with Gasteiger partial charge in [-0.1, -0.05) is 12.8 Å². The number of unbranched alkanes of at least 4 members (excludes halogenated alkanes) is 1. The zero-order valence-electron chi connectivity index (χ0n) is 15.4. The third kappa shape index (κ3) is 5.50. The van der Waals surface area contributed by atoms with Gasteiger partial charge in [-0.05, 0) is 65.3 Å². The third-order valence-corrected chi connectivity index (χ3v) is 5.89. The maximum Gasteiger partial charge on any atom is 0.0571 e. The van der Waals surface area contributed by atoms with Crippen molar-refractivity contribution in [2.75, 3.05) is 33.3 Å². The molecule has 1 saturated heterocycles. The third-order valence-electron chi connectivity index (χ3n) is 5.89. The van der Waals surface area contributed by atoms with E-state index in [1.165, 1.54) is 71.1 Å². The summed E-state index contributed by atoms with van der Waals surface area (Å²) in [4.78, 5) is 5.33. The van der Waals surface area contributed by atoms with Gasteiger partial charge in [-0.25, -0.2) is 0 Å². The highest BCUT2D eigenvalue weighted by Crippen LogP contribution is 2.29. The Hall–Kier alpha value is -0.120. The van der Waals surface area contributed by atoms with Crippen LogP contribution in [-0.2, 0) is 4.74 Å². The van der Waals surface area contributed by atoms with Gasteiger partial charge in [0.15, 0.2) is 0 Å². The fraction of sp³-hybridized carbons (Fsp3) is 1.00. The van der Waals surface area contributed by atoms with Crippen LogP contribution in [0, 0.1) is 5.92 Å². The molecule has 130 valence electrons. The Bertz CT molecular complexity index is 300. The predicted octanol–water partition coefficient (Wildman–Crippen LogP) is 3.78. The molecule has 2 aliphatic rings. The van der Waals surface area contributed by atoms with Gasteiger partial charge in [-0.3, -0.25) is 4.90 Å². The van der Waals surface area contributed by atoms with E-state index in [1.54, 1.807) is 0 Å². The summed E-state index contributed by atoms with van der Waals surface area (Å²) in [5.41, 5.74) is 0. The first-order valence-electron chi connectivity index (χ1n) is 9.61. The Morgan fingerprint density at radius 2 is 1.77 bits per heavy atom. The Morgan fingerprint density at radius 1 is 1.05 bits per heavy atom. The van der Waals surface area contributed by atoms with E-state index in [2.05, 4.69) is 30.6 Å². The van der Waals surface area contributed by atoms with Crippen molar-refractivity contribution in [1.29, 1.82) is 0 Å². The minimum Gasteiger partial charge on any atom is -0.381 e. The summed E-state index contributed by atoms with van der Waals surface area (Å²) in [6.07, 6.45) is 10.2. The average molecular weight is 311 g/mol. The zero-order valence-corrected chi connectivity index (χ0v) is 15.4. The zero-order chi connectivity index (χ0) is 15.9. The van der Waals surface area contributed by atoms with Gasteiger partial charge >= 0.3 is 0 Å². The molecule has 0 aromatic rings. The molecule has 0 N–H and O–H groups in total. The molecular weight excluding hydrogens is 272 g/mol. The van der Waals surface area contributed by atoms with Crippen molar-refractivity contribution in [3.05, 3.63) is 0 Å². The Kier molecular flexibility index (Phi) is 7.66. The molecule has 1 atom stereocenters. The van der Waals surface area contributed by atoms with E-state index in [-0.39, 0.29) is 0 Å². The molecule has 0 amide bonds. The number of ether oxygens (including phenoxy) is 1. The largest absolute Gasteiger partial charge is 0.381 e. The molecule has 3 nitrogen and oxygen atoms in total. The van der Waals surface area contributed by atoms with Crippen LogP contribution in [0.15, 0.2) is 0 Å². The van der Waals surface area contributed by atoms with E-state index in [0.29, 0.717) is 12.1 Å². The van der Waals surface area contributed by atoms with Crippen molar-refractivity contribution in [2.45, 2.75) is 83.9 Å². The summed E-state index contributed by atoms with van der Waals surface area (Å²) in [6.45, 7) is 12.1. The first kappa shape index (κ1) is 18.2. The second-order valence-electron chi connectivity index (χ2n) is 7.86. The summed E-state index contributed by atoms with van der Waals surface area (Å²) in [6, 6.07) is 1.41. The highest BCUT2D eigenvalue weighted by atomic mass is 16.5. The van der Waals surface area contributed by atoms with Gasteiger partial charge in [0.05, 0.1) is 6.10 Å². The summed E-state index contributed by atoms with van der Waals surface area (Å²) in [7, 11) is 1.87. The molecule has 0 bridgehead atoms. The molecule has 1 aliphatic heterocycles. The normalized spacial score (nSPS) is 31.8. The maximum atomic E-state index is 5.47. The number of hydrogen-bond acceptors (Lipinski definition) is 3. The van der Waals surface area contributed by atoms with Gasteiger partial charge in [0.2, 0.25) is 0 Å². The number of piperazine rings is 1. The topological polar surface area (TPSA) is 15.7 Å². The average Bonchev–Trinajstić information content (AvgIpc) is 2.52. The van der Waals surface area contributed by atoms with Crippen LogP contribution < -0.4 is 0 Å². The Morgan fingerprint density at radius 3 is 2.36 bits per heavy atom. The van der Waals surface area contributed by atoms with Crippen LogP contribution in [0.2, 0.25) is 0 Å². The Balaban J connectivity index is 1.54. The standard InChI is InChI=1S/C19H38N2O/c1-16(2)21-14-13-20(15-17(21)3)12-6-5-7-18-8-10-19(22-4)11-9-18/h16-19H,5-15H2,1-4H3/t17-,18-,19-/m0/s1. The molecule has 1 saturated carbocycles. The molecule has 0 aromatic carbocycles. The lowest BCUT2D eigenvalue weighted by atomic mass is 9.84. The van der Waals surface area contributed by atoms with Crippen LogP contribution in [-0.4, -0.2) is 61.3 Å². The quantitative estimate of drug-likeness (QED) is 0.666. The first-order chi connectivity index (χ1) is 10.6. The molecule has 0 radical (unpaired) electrons. The number of methoxy groups -OCH3 is 1. The highest BCUT2D eigenvalue weighted by molar-refractivity contribution is 4.81. The van der Waals surface area contributed by atoms with Crippen LogP contribution >= 0.6 is 0 Å². The van der Waals surface area contributed by atoms with Crippen LogP contribution in [0.5, 0.6) is 0 Å². The summed E-state index contributed by atoms with van der Waals surface area (Å²) < 4.78 is 5.47. The van der Waals surface area contributed by atoms with Crippen molar-refractivity contribution >= 4 is 0 Å². The molecule has 1 heterocycles. The van der Waals surface area contributed by atoms with E-state index in [9.17, 15) is 0 Å². The smallest absolute Gasteiger partial charge is 0.0571 e. The molecular formula is C19H38N2O. The maximum absolute atomic E-state index is 5.47. The lowest BCUT2D eigenvalue weighted by molar-refractivity contribution is 0.0528. The van der Waals surface area contributed by atoms with Crippen molar-refractivity contribution in [2.24, 2.45) is 5.92 Å². The molecule has 0 spiro atoms. The van der Waals surface area contributed by atoms with Crippen molar-refractivity contribution in [3.63, 3.8) is 0 Å². The monoisotopic (exact) mass is 310 g/mol. The van der Waals surface area contributed by atoms with Gasteiger partial charge in [-0.15, -0.1) is 0 Å². The van der Waals surface area contributed by atoms with Crippen LogP contribution in [0.25, 0.3) is 0 Å². The van der Waals surface area contributed by atoms with Crippen LogP contribution in [0.4, 0.5) is 0 Å². The molecule has 22 heavy (non-hydrogen) atoms. The number of hydrogen-bond donors (Lipinski definition) is 0. The SMILES string of the molecule is CO[C@H]1CC[C@H](CCCCN2CCN(C(C)C)[C@@H](C)C2)CC1. The second-order valence-corrected chi connectivity index (χ2v) is 7.86. The van der Waals surface area contributed by atoms with E-state index in [0.717, 1.165) is 12.0 Å². The van der Waals surface area contributed by atoms with Gasteiger partial charge in [-0.2, -0.15) is 0 Å². The first-order valence-corrected chi connectivity index (χ1v) is 9.61. The minimum atomic E-state index is 0.551. The molecule has 0 aromatic heterocycles. The van der Waals surface area contributed by atoms with Gasteiger partial charge in [0.25, 0.3) is 0 Å². The van der Waals surface area contributed by atoms with E-state index in [4.69, 9.17) is 4.74 Å². The summed E-state index contributed by atoms with van der Waals surface area (Å²) >= 11 is 0. The van der Waals surface area contributed by atoms with Gasteiger partial charge < -0.3 is 9.64 Å². The van der Waals surface area contributed by atoms with Gasteiger partial charge in [0, 0.05) is 38.8 Å². The lowest BCUT2D eigenvalue weighted by Gasteiger charge is -2.42. The van der Waals surface area contributed by atoms with Crippen LogP contribution in [0.1, 0.15) is 65.7 Å². The second kappa shape index (κ2) is 9.24. The number of nitrogens with zero attached hydrogens (tertiary/aromatic N) is 2. The van der Waals surface area contributed by atoms with E-state index in [1.807, 2.05) is 7.11 Å². The Labute approximate surface area is 138 Å². The lowest BCUT2D eigenvalue weighted by Crippen LogP contribution is -2.54. The summed E-state index contributed by atoms with van der Waals surface area (Å²) in [5.74, 6) is 0.975.